The molecule has 1 saturated heterocycles. The van der Waals surface area contributed by atoms with E-state index in [0.29, 0.717) is 5.56 Å². The van der Waals surface area contributed by atoms with Crippen LogP contribution in [0.5, 0.6) is 0 Å². The van der Waals surface area contributed by atoms with Crippen molar-refractivity contribution in [2.75, 3.05) is 6.61 Å². The Labute approximate surface area is 215 Å². The Hall–Kier alpha value is -4.00. The molecule has 3 aromatic rings. The smallest absolute Gasteiger partial charge is 0.338 e. The van der Waals surface area contributed by atoms with Crippen LogP contribution < -0.4 is 0 Å². The van der Waals surface area contributed by atoms with E-state index >= 15 is 0 Å². The summed E-state index contributed by atoms with van der Waals surface area (Å²) < 4.78 is 20.6. The summed E-state index contributed by atoms with van der Waals surface area (Å²) in [5.74, 6) is -2.10. The number of rotatable bonds is 7. The van der Waals surface area contributed by atoms with Gasteiger partial charge in [-0.1, -0.05) is 54.6 Å². The predicted molar refractivity (Wildman–Crippen MR) is 130 cm³/mol. The minimum Gasteiger partial charge on any atom is -0.459 e. The molecule has 1 heterocycles. The first-order valence-corrected chi connectivity index (χ1v) is 11.7. The summed E-state index contributed by atoms with van der Waals surface area (Å²) in [6, 6.07) is 26.5. The minimum atomic E-state index is -1.86. The van der Waals surface area contributed by atoms with Gasteiger partial charge in [0.1, 0.15) is 18.8 Å². The van der Waals surface area contributed by atoms with Gasteiger partial charge in [-0.05, 0) is 52.3 Å². The molecule has 0 aliphatic carbocycles. The summed E-state index contributed by atoms with van der Waals surface area (Å²) >= 11 is 3.20. The second-order valence-electron chi connectivity index (χ2n) is 7.81. The number of ether oxygens (including phenoxy) is 4. The van der Waals surface area contributed by atoms with Crippen LogP contribution in [-0.2, 0) is 18.9 Å². The van der Waals surface area contributed by atoms with Crippen LogP contribution in [0.2, 0.25) is 0 Å². The van der Waals surface area contributed by atoms with Gasteiger partial charge in [0.15, 0.2) is 12.2 Å². The lowest BCUT2D eigenvalue weighted by Crippen LogP contribution is -2.44. The third-order valence-corrected chi connectivity index (χ3v) is 6.21. The van der Waals surface area contributed by atoms with E-state index in [1.165, 1.54) is 0 Å². The number of halogens is 1. The topological polar surface area (TPSA) is 112 Å². The molecule has 0 radical (unpaired) electrons. The predicted octanol–water partition coefficient (Wildman–Crippen LogP) is 4.31. The molecule has 0 amide bonds. The van der Waals surface area contributed by atoms with E-state index in [2.05, 4.69) is 15.9 Å². The first-order valence-electron chi connectivity index (χ1n) is 10.9. The fraction of sp³-hybridized carbons (Fsp3) is 0.185. The highest BCUT2D eigenvalue weighted by Gasteiger charge is 2.59. The molecule has 3 aromatic carbocycles. The van der Waals surface area contributed by atoms with Crippen LogP contribution in [0, 0.1) is 11.3 Å². The highest BCUT2D eigenvalue weighted by atomic mass is 79.9. The normalized spacial score (nSPS) is 22.7. The van der Waals surface area contributed by atoms with Gasteiger partial charge in [0.25, 0.3) is 4.51 Å². The van der Waals surface area contributed by atoms with Crippen molar-refractivity contribution in [3.05, 3.63) is 108 Å². The number of hydrogen-bond acceptors (Lipinski definition) is 8. The molecule has 1 aliphatic heterocycles. The van der Waals surface area contributed by atoms with Gasteiger partial charge >= 0.3 is 17.9 Å². The number of benzene rings is 3. The van der Waals surface area contributed by atoms with Gasteiger partial charge in [0.05, 0.1) is 16.7 Å². The van der Waals surface area contributed by atoms with E-state index < -0.39 is 40.7 Å². The number of alkyl halides is 1. The van der Waals surface area contributed by atoms with Gasteiger partial charge in [-0.2, -0.15) is 5.26 Å². The Morgan fingerprint density at radius 3 is 1.69 bits per heavy atom. The average Bonchev–Trinajstić information content (AvgIpc) is 3.19. The van der Waals surface area contributed by atoms with E-state index in [4.69, 9.17) is 18.9 Å². The molecular weight excluding hydrogens is 530 g/mol. The molecule has 0 bridgehead atoms. The summed E-state index contributed by atoms with van der Waals surface area (Å²) in [6.45, 7) is -0.366. The molecule has 1 aliphatic rings. The van der Waals surface area contributed by atoms with Crippen molar-refractivity contribution in [1.82, 2.24) is 0 Å². The number of hydrogen-bond donors (Lipinski definition) is 0. The van der Waals surface area contributed by atoms with Crippen LogP contribution in [0.4, 0.5) is 0 Å². The molecule has 0 unspecified atom stereocenters. The lowest BCUT2D eigenvalue weighted by Gasteiger charge is -2.25. The lowest BCUT2D eigenvalue weighted by atomic mass is 10.1. The number of carbonyl (C=O) groups is 3. The van der Waals surface area contributed by atoms with Crippen LogP contribution >= 0.6 is 15.9 Å². The van der Waals surface area contributed by atoms with E-state index in [1.807, 2.05) is 6.07 Å². The summed E-state index contributed by atoms with van der Waals surface area (Å²) in [6.07, 6.45) is -3.76. The third-order valence-electron chi connectivity index (χ3n) is 5.39. The summed E-state index contributed by atoms with van der Waals surface area (Å²) in [7, 11) is 0. The lowest BCUT2D eigenvalue weighted by molar-refractivity contribution is -0.0442. The highest BCUT2D eigenvalue weighted by Crippen LogP contribution is 2.40. The van der Waals surface area contributed by atoms with Crippen molar-refractivity contribution in [2.24, 2.45) is 0 Å². The zero-order chi connectivity index (χ0) is 25.5. The fourth-order valence-electron chi connectivity index (χ4n) is 3.60. The summed E-state index contributed by atoms with van der Waals surface area (Å²) in [5.41, 5.74) is 0.790. The maximum absolute atomic E-state index is 12.9. The molecule has 0 spiro atoms. The molecular formula is C27H20BrNO7. The Balaban J connectivity index is 1.59. The number of esters is 3. The Bertz CT molecular complexity index is 1260. The SMILES string of the molecule is N#C[C@]1(Br)O[C@H](COC(=O)c2ccccc2)[C@@H](OC(=O)c2ccccc2)[C@H]1OC(=O)c1ccccc1. The largest absolute Gasteiger partial charge is 0.459 e. The van der Waals surface area contributed by atoms with Crippen molar-refractivity contribution < 1.29 is 33.3 Å². The minimum absolute atomic E-state index is 0.234. The van der Waals surface area contributed by atoms with Gasteiger partial charge in [-0.3, -0.25) is 0 Å². The van der Waals surface area contributed by atoms with E-state index in [0.717, 1.165) is 0 Å². The molecule has 4 atom stereocenters. The second-order valence-corrected chi connectivity index (χ2v) is 8.98. The fourth-order valence-corrected chi connectivity index (χ4v) is 4.19. The van der Waals surface area contributed by atoms with E-state index in [9.17, 15) is 19.6 Å². The van der Waals surface area contributed by atoms with Crippen molar-refractivity contribution in [1.29, 1.82) is 5.26 Å². The van der Waals surface area contributed by atoms with Crippen LogP contribution in [-0.4, -0.2) is 47.3 Å². The molecule has 0 N–H and O–H groups in total. The Kier molecular flexibility index (Phi) is 7.78. The van der Waals surface area contributed by atoms with Crippen LogP contribution in [0.3, 0.4) is 0 Å². The zero-order valence-corrected chi connectivity index (χ0v) is 20.4. The van der Waals surface area contributed by atoms with Crippen molar-refractivity contribution in [3.8, 4) is 6.07 Å². The monoisotopic (exact) mass is 549 g/mol. The number of carbonyl (C=O) groups excluding carboxylic acids is 3. The maximum atomic E-state index is 12.9. The Morgan fingerprint density at radius 2 is 1.22 bits per heavy atom. The van der Waals surface area contributed by atoms with Crippen LogP contribution in [0.1, 0.15) is 31.1 Å². The highest BCUT2D eigenvalue weighted by molar-refractivity contribution is 9.10. The molecule has 4 rings (SSSR count). The molecule has 8 nitrogen and oxygen atoms in total. The second kappa shape index (κ2) is 11.2. The van der Waals surface area contributed by atoms with Gasteiger partial charge < -0.3 is 18.9 Å². The molecule has 182 valence electrons. The average molecular weight is 550 g/mol. The van der Waals surface area contributed by atoms with Crippen molar-refractivity contribution >= 4 is 33.8 Å². The van der Waals surface area contributed by atoms with Gasteiger partial charge in [-0.25, -0.2) is 14.4 Å². The van der Waals surface area contributed by atoms with Gasteiger partial charge in [0, 0.05) is 0 Å². The standard InChI is InChI=1S/C27H20BrNO7/c28-27(17-29)23(35-26(32)20-14-8-3-9-15-20)22(34-25(31)19-12-6-2-7-13-19)21(36-27)16-33-24(30)18-10-4-1-5-11-18/h1-15,21-23H,16H2/t21-,22-,23-,27+/m1/s1. The van der Waals surface area contributed by atoms with Gasteiger partial charge in [-0.15, -0.1) is 0 Å². The first kappa shape index (κ1) is 25.1. The summed E-state index contributed by atoms with van der Waals surface area (Å²) in [5, 5.41) is 9.86. The zero-order valence-electron chi connectivity index (χ0n) is 18.8. The van der Waals surface area contributed by atoms with E-state index in [1.54, 1.807) is 91.0 Å². The van der Waals surface area contributed by atoms with Crippen LogP contribution in [0.15, 0.2) is 91.0 Å². The third kappa shape index (κ3) is 5.62. The molecule has 0 saturated carbocycles. The number of nitrogens with zero attached hydrogens (tertiary/aromatic N) is 1. The maximum Gasteiger partial charge on any atom is 0.338 e. The first-order chi connectivity index (χ1) is 17.4. The molecule has 36 heavy (non-hydrogen) atoms. The van der Waals surface area contributed by atoms with Crippen LogP contribution in [0.25, 0.3) is 0 Å². The molecule has 0 aromatic heterocycles. The van der Waals surface area contributed by atoms with Crippen molar-refractivity contribution in [2.45, 2.75) is 22.8 Å². The quantitative estimate of drug-likeness (QED) is 0.243. The van der Waals surface area contributed by atoms with Crippen molar-refractivity contribution in [3.63, 3.8) is 0 Å². The Morgan fingerprint density at radius 1 is 0.778 bits per heavy atom. The molecule has 1 fully saturated rings. The summed E-state index contributed by atoms with van der Waals surface area (Å²) in [4.78, 5) is 38.2. The van der Waals surface area contributed by atoms with Gasteiger partial charge in [0.2, 0.25) is 0 Å². The number of nitriles is 1. The molecule has 9 heteroatoms. The van der Waals surface area contributed by atoms with E-state index in [-0.39, 0.29) is 17.7 Å².